The van der Waals surface area contributed by atoms with Gasteiger partial charge in [-0.05, 0) is 43.7 Å². The molecular formula is C19H28N2O5S. The second kappa shape index (κ2) is 11.0. The highest BCUT2D eigenvalue weighted by Gasteiger charge is 2.29. The van der Waals surface area contributed by atoms with Crippen molar-refractivity contribution >= 4 is 29.2 Å². The number of nitrogens with zero attached hydrogens (tertiary/aromatic N) is 2. The van der Waals surface area contributed by atoms with E-state index in [-0.39, 0.29) is 5.92 Å². The number of thiophene rings is 1. The molecule has 27 heavy (non-hydrogen) atoms. The summed E-state index contributed by atoms with van der Waals surface area (Å²) < 4.78 is 0. The van der Waals surface area contributed by atoms with Gasteiger partial charge in [0.1, 0.15) is 0 Å². The lowest BCUT2D eigenvalue weighted by atomic mass is 9.96. The normalized spacial score (nSPS) is 20.9. The number of hydrogen-bond acceptors (Lipinski definition) is 5. The van der Waals surface area contributed by atoms with E-state index in [4.69, 9.17) is 19.8 Å². The Morgan fingerprint density at radius 1 is 1.00 bits per heavy atom. The number of amides is 1. The van der Waals surface area contributed by atoms with Crippen LogP contribution in [0.2, 0.25) is 0 Å². The first-order chi connectivity index (χ1) is 13.0. The summed E-state index contributed by atoms with van der Waals surface area (Å²) >= 11 is 1.82. The molecule has 0 radical (unpaired) electrons. The van der Waals surface area contributed by atoms with Gasteiger partial charge in [-0.2, -0.15) is 0 Å². The van der Waals surface area contributed by atoms with Gasteiger partial charge in [0.15, 0.2) is 0 Å². The number of aliphatic carboxylic acids is 2. The summed E-state index contributed by atoms with van der Waals surface area (Å²) in [4.78, 5) is 37.0. The zero-order valence-corrected chi connectivity index (χ0v) is 16.3. The highest BCUT2D eigenvalue weighted by atomic mass is 32.1. The van der Waals surface area contributed by atoms with Crippen molar-refractivity contribution in [3.63, 3.8) is 0 Å². The summed E-state index contributed by atoms with van der Waals surface area (Å²) in [5.41, 5.74) is 0. The summed E-state index contributed by atoms with van der Waals surface area (Å²) in [6.45, 7) is 5.08. The van der Waals surface area contributed by atoms with Crippen LogP contribution in [0.5, 0.6) is 0 Å². The molecule has 150 valence electrons. The van der Waals surface area contributed by atoms with E-state index in [2.05, 4.69) is 27.3 Å². The third-order valence-corrected chi connectivity index (χ3v) is 5.78. The smallest absolute Gasteiger partial charge is 0.414 e. The van der Waals surface area contributed by atoms with E-state index in [1.54, 1.807) is 0 Å². The van der Waals surface area contributed by atoms with Gasteiger partial charge in [0.05, 0.1) is 5.92 Å². The molecule has 1 aromatic heterocycles. The van der Waals surface area contributed by atoms with Crippen LogP contribution in [0.3, 0.4) is 0 Å². The Labute approximate surface area is 163 Å². The lowest BCUT2D eigenvalue weighted by molar-refractivity contribution is -0.159. The largest absolute Gasteiger partial charge is 0.473 e. The van der Waals surface area contributed by atoms with E-state index in [9.17, 15) is 4.79 Å². The predicted molar refractivity (Wildman–Crippen MR) is 103 cm³/mol. The average Bonchev–Trinajstić information content (AvgIpc) is 3.01. The van der Waals surface area contributed by atoms with E-state index in [1.807, 2.05) is 11.3 Å². The molecule has 3 heterocycles. The Morgan fingerprint density at radius 3 is 2.22 bits per heavy atom. The van der Waals surface area contributed by atoms with Crippen LogP contribution in [-0.4, -0.2) is 64.0 Å². The van der Waals surface area contributed by atoms with Gasteiger partial charge in [0.25, 0.3) is 0 Å². The Bertz CT molecular complexity index is 600. The van der Waals surface area contributed by atoms with Crippen LogP contribution in [0.25, 0.3) is 0 Å². The van der Waals surface area contributed by atoms with Gasteiger partial charge in [-0.25, -0.2) is 9.59 Å². The van der Waals surface area contributed by atoms with Crippen LogP contribution >= 0.6 is 11.3 Å². The van der Waals surface area contributed by atoms with Crippen LogP contribution in [-0.2, 0) is 20.9 Å². The number of hydrogen-bond donors (Lipinski definition) is 2. The van der Waals surface area contributed by atoms with Gasteiger partial charge in [-0.1, -0.05) is 18.9 Å². The van der Waals surface area contributed by atoms with Crippen molar-refractivity contribution in [2.45, 2.75) is 45.1 Å². The zero-order chi connectivity index (χ0) is 19.6. The molecule has 0 bridgehead atoms. The highest BCUT2D eigenvalue weighted by Crippen LogP contribution is 2.23. The second-order valence-electron chi connectivity index (χ2n) is 7.00. The number of carboxylic acids is 2. The van der Waals surface area contributed by atoms with Crippen molar-refractivity contribution < 1.29 is 24.6 Å². The third-order valence-electron chi connectivity index (χ3n) is 4.91. The molecule has 2 aliphatic rings. The average molecular weight is 397 g/mol. The molecule has 2 fully saturated rings. The van der Waals surface area contributed by atoms with Crippen LogP contribution in [0.1, 0.15) is 43.4 Å². The van der Waals surface area contributed by atoms with Crippen LogP contribution < -0.4 is 0 Å². The van der Waals surface area contributed by atoms with Gasteiger partial charge in [-0.15, -0.1) is 11.3 Å². The molecule has 0 spiro atoms. The first-order valence-electron chi connectivity index (χ1n) is 9.47. The molecule has 0 saturated carbocycles. The minimum Gasteiger partial charge on any atom is -0.473 e. The molecule has 8 heteroatoms. The van der Waals surface area contributed by atoms with Crippen LogP contribution in [0.15, 0.2) is 17.5 Å². The summed E-state index contributed by atoms with van der Waals surface area (Å²) in [5, 5.41) is 16.9. The SMILES string of the molecule is O=C(C1CCCN(Cc2cccs2)C1)N1CCCCCC1.O=C(O)C(=O)O. The zero-order valence-electron chi connectivity index (χ0n) is 15.5. The fraction of sp³-hybridized carbons (Fsp3) is 0.632. The Balaban J connectivity index is 0.000000380. The second-order valence-corrected chi connectivity index (χ2v) is 8.04. The van der Waals surface area contributed by atoms with E-state index in [0.29, 0.717) is 5.91 Å². The Hall–Kier alpha value is -1.93. The van der Waals surface area contributed by atoms with Gasteiger partial charge in [-0.3, -0.25) is 9.69 Å². The lowest BCUT2D eigenvalue weighted by Crippen LogP contribution is -2.44. The predicted octanol–water partition coefficient (Wildman–Crippen LogP) is 2.52. The van der Waals surface area contributed by atoms with Crippen molar-refractivity contribution in [3.8, 4) is 0 Å². The molecule has 2 N–H and O–H groups in total. The van der Waals surface area contributed by atoms with Crippen LogP contribution in [0, 0.1) is 5.92 Å². The van der Waals surface area contributed by atoms with Gasteiger partial charge in [0.2, 0.25) is 5.91 Å². The molecule has 0 aliphatic carbocycles. The standard InChI is InChI=1S/C17H26N2OS.C2H2O4/c20-17(19-10-3-1-2-4-11-19)15-7-5-9-18(13-15)14-16-8-6-12-21-16;3-1(4)2(5)6/h6,8,12,15H,1-5,7,9-11,13-14H2;(H,3,4)(H,5,6). The molecule has 2 aliphatic heterocycles. The number of carboxylic acid groups (broad SMARTS) is 2. The molecule has 1 amide bonds. The molecule has 1 atom stereocenters. The minimum absolute atomic E-state index is 0.233. The molecule has 0 aromatic carbocycles. The number of carbonyl (C=O) groups excluding carboxylic acids is 1. The van der Waals surface area contributed by atoms with Crippen molar-refractivity contribution in [3.05, 3.63) is 22.4 Å². The van der Waals surface area contributed by atoms with Crippen molar-refractivity contribution in [2.75, 3.05) is 26.2 Å². The molecule has 2 saturated heterocycles. The monoisotopic (exact) mass is 396 g/mol. The Kier molecular flexibility index (Phi) is 8.74. The first-order valence-corrected chi connectivity index (χ1v) is 10.3. The lowest BCUT2D eigenvalue weighted by Gasteiger charge is -2.34. The van der Waals surface area contributed by atoms with Gasteiger partial charge in [0, 0.05) is 31.1 Å². The van der Waals surface area contributed by atoms with E-state index < -0.39 is 11.9 Å². The summed E-state index contributed by atoms with van der Waals surface area (Å²) in [6.07, 6.45) is 7.21. The van der Waals surface area contributed by atoms with Crippen LogP contribution in [0.4, 0.5) is 0 Å². The van der Waals surface area contributed by atoms with Gasteiger partial charge < -0.3 is 15.1 Å². The molecule has 7 nitrogen and oxygen atoms in total. The first kappa shape index (κ1) is 21.4. The van der Waals surface area contributed by atoms with Crippen molar-refractivity contribution in [1.29, 1.82) is 0 Å². The number of carbonyl (C=O) groups is 3. The molecule has 3 rings (SSSR count). The highest BCUT2D eigenvalue weighted by molar-refractivity contribution is 7.09. The number of piperidine rings is 1. The fourth-order valence-electron chi connectivity index (χ4n) is 3.57. The quantitative estimate of drug-likeness (QED) is 0.762. The van der Waals surface area contributed by atoms with E-state index in [1.165, 1.54) is 30.6 Å². The van der Waals surface area contributed by atoms with E-state index >= 15 is 0 Å². The third kappa shape index (κ3) is 7.30. The Morgan fingerprint density at radius 2 is 1.67 bits per heavy atom. The molecular weight excluding hydrogens is 368 g/mol. The fourth-order valence-corrected chi connectivity index (χ4v) is 4.32. The molecule has 1 unspecified atom stereocenters. The van der Waals surface area contributed by atoms with E-state index in [0.717, 1.165) is 45.6 Å². The topological polar surface area (TPSA) is 98.2 Å². The number of likely N-dealkylation sites (tertiary alicyclic amines) is 2. The van der Waals surface area contributed by atoms with Gasteiger partial charge >= 0.3 is 11.9 Å². The maximum Gasteiger partial charge on any atom is 0.414 e. The minimum atomic E-state index is -1.82. The summed E-state index contributed by atoms with van der Waals surface area (Å²) in [7, 11) is 0. The summed E-state index contributed by atoms with van der Waals surface area (Å²) in [5.74, 6) is -2.99. The van der Waals surface area contributed by atoms with Crippen molar-refractivity contribution in [1.82, 2.24) is 9.80 Å². The number of rotatable bonds is 3. The summed E-state index contributed by atoms with van der Waals surface area (Å²) in [6, 6.07) is 4.31. The maximum atomic E-state index is 12.8. The maximum absolute atomic E-state index is 12.8. The molecule has 1 aromatic rings. The van der Waals surface area contributed by atoms with Crippen molar-refractivity contribution in [2.24, 2.45) is 5.92 Å².